The number of benzene rings is 1. The van der Waals surface area contributed by atoms with E-state index in [0.717, 1.165) is 5.56 Å². The lowest BCUT2D eigenvalue weighted by Gasteiger charge is -2.21. The Morgan fingerprint density at radius 3 is 2.55 bits per heavy atom. The Bertz CT molecular complexity index is 552. The van der Waals surface area contributed by atoms with Crippen molar-refractivity contribution in [1.82, 2.24) is 5.32 Å². The SMILES string of the molecule is Cc1cc(C(CN)CNC(=O)OC(C)(C)C)ccc1[N+](=O)[O-]. The molecule has 1 aromatic carbocycles. The van der Waals surface area contributed by atoms with Gasteiger partial charge in [0.2, 0.25) is 0 Å². The van der Waals surface area contributed by atoms with Gasteiger partial charge in [-0.2, -0.15) is 0 Å². The summed E-state index contributed by atoms with van der Waals surface area (Å²) in [5.74, 6) is -0.132. The van der Waals surface area contributed by atoms with Crippen molar-refractivity contribution in [2.24, 2.45) is 5.73 Å². The summed E-state index contributed by atoms with van der Waals surface area (Å²) in [6, 6.07) is 4.85. The third-order valence-corrected chi connectivity index (χ3v) is 3.07. The fourth-order valence-corrected chi connectivity index (χ4v) is 2.00. The molecule has 3 N–H and O–H groups in total. The second kappa shape index (κ2) is 7.22. The maximum atomic E-state index is 11.7. The first-order valence-electron chi connectivity index (χ1n) is 7.06. The van der Waals surface area contributed by atoms with Crippen LogP contribution in [0.3, 0.4) is 0 Å². The summed E-state index contributed by atoms with van der Waals surface area (Å²) in [4.78, 5) is 22.1. The fourth-order valence-electron chi connectivity index (χ4n) is 2.00. The number of nitro groups is 1. The van der Waals surface area contributed by atoms with E-state index in [1.807, 2.05) is 0 Å². The van der Waals surface area contributed by atoms with E-state index in [0.29, 0.717) is 18.7 Å². The summed E-state index contributed by atoms with van der Waals surface area (Å²) in [7, 11) is 0. The zero-order chi connectivity index (χ0) is 16.9. The summed E-state index contributed by atoms with van der Waals surface area (Å²) < 4.78 is 5.16. The molecule has 0 spiro atoms. The number of hydrogen-bond donors (Lipinski definition) is 2. The molecular weight excluding hydrogens is 286 g/mol. The second-order valence-corrected chi connectivity index (χ2v) is 6.12. The van der Waals surface area contributed by atoms with Crippen molar-refractivity contribution < 1.29 is 14.5 Å². The largest absolute Gasteiger partial charge is 0.444 e. The van der Waals surface area contributed by atoms with Crippen LogP contribution in [0.1, 0.15) is 37.8 Å². The number of nitro benzene ring substituents is 1. The first-order valence-corrected chi connectivity index (χ1v) is 7.06. The number of ether oxygens (including phenoxy) is 1. The molecule has 7 nitrogen and oxygen atoms in total. The number of hydrogen-bond acceptors (Lipinski definition) is 5. The zero-order valence-corrected chi connectivity index (χ0v) is 13.4. The van der Waals surface area contributed by atoms with Gasteiger partial charge in [-0.05, 0) is 39.3 Å². The molecule has 0 saturated heterocycles. The number of carbonyl (C=O) groups excluding carboxylic acids is 1. The number of aryl methyl sites for hydroxylation is 1. The summed E-state index contributed by atoms with van der Waals surface area (Å²) in [5.41, 5.74) is 6.66. The van der Waals surface area contributed by atoms with Gasteiger partial charge in [0, 0.05) is 30.6 Å². The lowest BCUT2D eigenvalue weighted by molar-refractivity contribution is -0.385. The van der Waals surface area contributed by atoms with E-state index in [1.165, 1.54) is 6.07 Å². The minimum atomic E-state index is -0.563. The zero-order valence-electron chi connectivity index (χ0n) is 13.4. The Morgan fingerprint density at radius 2 is 2.09 bits per heavy atom. The molecule has 0 aromatic heterocycles. The van der Waals surface area contributed by atoms with Gasteiger partial charge in [0.15, 0.2) is 0 Å². The van der Waals surface area contributed by atoms with Crippen LogP contribution in [0.2, 0.25) is 0 Å². The number of nitrogens with zero attached hydrogens (tertiary/aromatic N) is 1. The van der Waals surface area contributed by atoms with Crippen molar-refractivity contribution in [1.29, 1.82) is 0 Å². The van der Waals surface area contributed by atoms with Crippen LogP contribution in [0.4, 0.5) is 10.5 Å². The smallest absolute Gasteiger partial charge is 0.407 e. The number of rotatable bonds is 5. The predicted molar refractivity (Wildman–Crippen MR) is 83.9 cm³/mol. The first kappa shape index (κ1) is 17.9. The molecule has 0 aliphatic carbocycles. The molecule has 1 rings (SSSR count). The minimum Gasteiger partial charge on any atom is -0.444 e. The van der Waals surface area contributed by atoms with E-state index >= 15 is 0 Å². The topological polar surface area (TPSA) is 107 Å². The van der Waals surface area contributed by atoms with Gasteiger partial charge in [0.05, 0.1) is 4.92 Å². The quantitative estimate of drug-likeness (QED) is 0.641. The number of nitrogens with two attached hydrogens (primary N) is 1. The molecule has 22 heavy (non-hydrogen) atoms. The van der Waals surface area contributed by atoms with Crippen LogP contribution in [-0.4, -0.2) is 29.7 Å². The van der Waals surface area contributed by atoms with Gasteiger partial charge < -0.3 is 15.8 Å². The Hall–Kier alpha value is -2.15. The number of nitrogens with one attached hydrogen (secondary N) is 1. The third kappa shape index (κ3) is 5.33. The average molecular weight is 309 g/mol. The number of carbonyl (C=O) groups is 1. The molecule has 7 heteroatoms. The maximum Gasteiger partial charge on any atom is 0.407 e. The van der Waals surface area contributed by atoms with Crippen LogP contribution >= 0.6 is 0 Å². The van der Waals surface area contributed by atoms with Crippen molar-refractivity contribution in [3.05, 3.63) is 39.4 Å². The lowest BCUT2D eigenvalue weighted by atomic mass is 9.97. The van der Waals surface area contributed by atoms with E-state index in [-0.39, 0.29) is 11.6 Å². The number of alkyl carbamates (subject to hydrolysis) is 1. The third-order valence-electron chi connectivity index (χ3n) is 3.07. The lowest BCUT2D eigenvalue weighted by Crippen LogP contribution is -2.36. The Labute approximate surface area is 130 Å². The molecule has 1 unspecified atom stereocenters. The highest BCUT2D eigenvalue weighted by molar-refractivity contribution is 5.67. The van der Waals surface area contributed by atoms with E-state index in [1.54, 1.807) is 39.8 Å². The van der Waals surface area contributed by atoms with Crippen molar-refractivity contribution in [2.75, 3.05) is 13.1 Å². The Kier molecular flexibility index (Phi) is 5.87. The summed E-state index contributed by atoms with van der Waals surface area (Å²) in [5, 5.41) is 13.5. The van der Waals surface area contributed by atoms with Crippen LogP contribution in [0.15, 0.2) is 18.2 Å². The maximum absolute atomic E-state index is 11.7. The van der Waals surface area contributed by atoms with Crippen LogP contribution < -0.4 is 11.1 Å². The van der Waals surface area contributed by atoms with E-state index in [9.17, 15) is 14.9 Å². The highest BCUT2D eigenvalue weighted by atomic mass is 16.6. The molecule has 0 fully saturated rings. The van der Waals surface area contributed by atoms with Gasteiger partial charge in [-0.15, -0.1) is 0 Å². The number of amides is 1. The van der Waals surface area contributed by atoms with Crippen molar-refractivity contribution in [3.8, 4) is 0 Å². The average Bonchev–Trinajstić information content (AvgIpc) is 2.36. The van der Waals surface area contributed by atoms with Crippen LogP contribution in [-0.2, 0) is 4.74 Å². The standard InChI is InChI=1S/C15H23N3O4/c1-10-7-11(5-6-13(10)18(20)21)12(8-16)9-17-14(19)22-15(2,3)4/h5-7,12H,8-9,16H2,1-4H3,(H,17,19). The summed E-state index contributed by atoms with van der Waals surface area (Å²) >= 11 is 0. The first-order chi connectivity index (χ1) is 10.1. The molecule has 1 amide bonds. The molecule has 0 radical (unpaired) electrons. The second-order valence-electron chi connectivity index (χ2n) is 6.12. The summed E-state index contributed by atoms with van der Waals surface area (Å²) in [6.45, 7) is 7.65. The van der Waals surface area contributed by atoms with Gasteiger partial charge >= 0.3 is 6.09 Å². The van der Waals surface area contributed by atoms with E-state index in [4.69, 9.17) is 10.5 Å². The highest BCUT2D eigenvalue weighted by Crippen LogP contribution is 2.23. The fraction of sp³-hybridized carbons (Fsp3) is 0.533. The van der Waals surface area contributed by atoms with Crippen LogP contribution in [0.25, 0.3) is 0 Å². The van der Waals surface area contributed by atoms with E-state index in [2.05, 4.69) is 5.32 Å². The molecule has 1 aromatic rings. The van der Waals surface area contributed by atoms with Crippen LogP contribution in [0.5, 0.6) is 0 Å². The van der Waals surface area contributed by atoms with Crippen molar-refractivity contribution >= 4 is 11.8 Å². The predicted octanol–water partition coefficient (Wildman–Crippen LogP) is 2.47. The molecule has 0 saturated carbocycles. The Morgan fingerprint density at radius 1 is 1.45 bits per heavy atom. The molecule has 122 valence electrons. The summed E-state index contributed by atoms with van der Waals surface area (Å²) in [6.07, 6.45) is -0.510. The van der Waals surface area contributed by atoms with E-state index < -0.39 is 16.6 Å². The van der Waals surface area contributed by atoms with Gasteiger partial charge in [-0.25, -0.2) is 4.79 Å². The molecule has 0 heterocycles. The van der Waals surface area contributed by atoms with Gasteiger partial charge in [-0.3, -0.25) is 10.1 Å². The van der Waals surface area contributed by atoms with Crippen molar-refractivity contribution in [3.63, 3.8) is 0 Å². The van der Waals surface area contributed by atoms with Crippen molar-refractivity contribution in [2.45, 2.75) is 39.2 Å². The normalized spacial score (nSPS) is 12.6. The van der Waals surface area contributed by atoms with Gasteiger partial charge in [0.25, 0.3) is 5.69 Å². The highest BCUT2D eigenvalue weighted by Gasteiger charge is 2.19. The molecule has 0 aliphatic heterocycles. The monoisotopic (exact) mass is 309 g/mol. The minimum absolute atomic E-state index is 0.0691. The molecule has 0 bridgehead atoms. The Balaban J connectivity index is 2.74. The molecular formula is C15H23N3O4. The van der Waals surface area contributed by atoms with Gasteiger partial charge in [-0.1, -0.05) is 6.07 Å². The van der Waals surface area contributed by atoms with Crippen LogP contribution in [0, 0.1) is 17.0 Å². The molecule has 1 atom stereocenters. The molecule has 0 aliphatic rings. The van der Waals surface area contributed by atoms with Gasteiger partial charge in [0.1, 0.15) is 5.60 Å².